The number of ether oxygens (including phenoxy) is 2. The van der Waals surface area contributed by atoms with Gasteiger partial charge < -0.3 is 20.1 Å². The summed E-state index contributed by atoms with van der Waals surface area (Å²) >= 11 is 5.84. The molecule has 4 rings (SSSR count). The van der Waals surface area contributed by atoms with Crippen LogP contribution < -0.4 is 25.0 Å². The number of carbonyl (C=O) groups excluding carboxylic acids is 2. The summed E-state index contributed by atoms with van der Waals surface area (Å²) in [5.41, 5.74) is 1.20. The zero-order valence-corrected chi connectivity index (χ0v) is 13.7. The van der Waals surface area contributed by atoms with Gasteiger partial charge in [0.1, 0.15) is 6.17 Å². The molecule has 3 amide bonds. The number of fused-ring (bicyclic) bond motifs is 1. The van der Waals surface area contributed by atoms with Crippen molar-refractivity contribution in [2.45, 2.75) is 12.6 Å². The van der Waals surface area contributed by atoms with Gasteiger partial charge in [-0.05, 0) is 36.4 Å². The maximum atomic E-state index is 12.4. The van der Waals surface area contributed by atoms with Crippen LogP contribution in [0.1, 0.15) is 6.42 Å². The topological polar surface area (TPSA) is 79.9 Å². The molecular weight excluding hydrogens is 346 g/mol. The highest BCUT2D eigenvalue weighted by molar-refractivity contribution is 6.30. The number of nitrogens with one attached hydrogen (secondary N) is 2. The van der Waals surface area contributed by atoms with Gasteiger partial charge in [-0.15, -0.1) is 0 Å². The van der Waals surface area contributed by atoms with E-state index in [1.165, 1.54) is 0 Å². The van der Waals surface area contributed by atoms with Crippen LogP contribution in [-0.2, 0) is 4.79 Å². The van der Waals surface area contributed by atoms with E-state index in [1.54, 1.807) is 42.5 Å². The molecule has 2 aliphatic heterocycles. The average molecular weight is 360 g/mol. The van der Waals surface area contributed by atoms with Crippen molar-refractivity contribution in [2.24, 2.45) is 0 Å². The Morgan fingerprint density at radius 1 is 1.08 bits per heavy atom. The number of urea groups is 1. The van der Waals surface area contributed by atoms with Crippen LogP contribution in [0, 0.1) is 0 Å². The Morgan fingerprint density at radius 2 is 1.84 bits per heavy atom. The maximum absolute atomic E-state index is 12.4. The second kappa shape index (κ2) is 6.18. The van der Waals surface area contributed by atoms with Crippen LogP contribution in [-0.4, -0.2) is 24.9 Å². The highest BCUT2D eigenvalue weighted by Crippen LogP contribution is 2.34. The van der Waals surface area contributed by atoms with E-state index < -0.39 is 12.2 Å². The molecule has 1 atom stereocenters. The first-order valence-corrected chi connectivity index (χ1v) is 8.03. The molecule has 0 aliphatic carbocycles. The Balaban J connectivity index is 1.47. The molecule has 25 heavy (non-hydrogen) atoms. The minimum atomic E-state index is -0.510. The molecule has 8 heteroatoms. The van der Waals surface area contributed by atoms with Crippen LogP contribution in [0.15, 0.2) is 42.5 Å². The summed E-state index contributed by atoms with van der Waals surface area (Å²) in [7, 11) is 0. The maximum Gasteiger partial charge on any atom is 0.330 e. The summed E-state index contributed by atoms with van der Waals surface area (Å²) in [6, 6.07) is 11.4. The Kier molecular flexibility index (Phi) is 3.85. The third-order valence-electron chi connectivity index (χ3n) is 3.93. The number of imide groups is 1. The van der Waals surface area contributed by atoms with Crippen molar-refractivity contribution < 1.29 is 19.1 Å². The molecule has 0 radical (unpaired) electrons. The Morgan fingerprint density at radius 3 is 2.60 bits per heavy atom. The molecule has 0 bridgehead atoms. The molecule has 1 unspecified atom stereocenters. The van der Waals surface area contributed by atoms with Gasteiger partial charge in [0.2, 0.25) is 12.7 Å². The number of anilines is 2. The van der Waals surface area contributed by atoms with Crippen molar-refractivity contribution in [2.75, 3.05) is 17.0 Å². The van der Waals surface area contributed by atoms with E-state index >= 15 is 0 Å². The molecule has 0 spiro atoms. The van der Waals surface area contributed by atoms with Crippen LogP contribution in [0.25, 0.3) is 0 Å². The molecule has 0 saturated carbocycles. The van der Waals surface area contributed by atoms with Gasteiger partial charge in [-0.2, -0.15) is 0 Å². The number of hydrogen-bond acceptors (Lipinski definition) is 5. The van der Waals surface area contributed by atoms with Crippen LogP contribution in [0.5, 0.6) is 11.5 Å². The Labute approximate surface area is 148 Å². The van der Waals surface area contributed by atoms with Crippen molar-refractivity contribution in [3.63, 3.8) is 0 Å². The SMILES string of the molecule is O=C1CC(Nc2ccc3c(c2)OCO3)NC(=O)N1c1ccc(Cl)cc1. The lowest BCUT2D eigenvalue weighted by atomic mass is 10.2. The van der Waals surface area contributed by atoms with Crippen molar-refractivity contribution in [3.05, 3.63) is 47.5 Å². The molecule has 2 aliphatic rings. The first kappa shape index (κ1) is 15.6. The molecule has 2 N–H and O–H groups in total. The van der Waals surface area contributed by atoms with Gasteiger partial charge in [0, 0.05) is 16.8 Å². The van der Waals surface area contributed by atoms with Crippen molar-refractivity contribution in [1.82, 2.24) is 5.32 Å². The number of nitrogens with zero attached hydrogens (tertiary/aromatic N) is 1. The Bertz CT molecular complexity index is 822. The number of rotatable bonds is 3. The standard InChI is InChI=1S/C17H14ClN3O4/c18-10-1-4-12(5-2-10)21-16(22)8-15(20-17(21)23)19-11-3-6-13-14(7-11)25-9-24-13/h1-7,15,19H,8-9H2,(H,20,23). The molecule has 128 valence electrons. The second-order valence-corrected chi connectivity index (χ2v) is 6.06. The van der Waals surface area contributed by atoms with Crippen molar-refractivity contribution in [1.29, 1.82) is 0 Å². The minimum absolute atomic E-state index is 0.114. The molecule has 0 aromatic heterocycles. The fraction of sp³-hybridized carbons (Fsp3) is 0.176. The third-order valence-corrected chi connectivity index (χ3v) is 4.18. The monoisotopic (exact) mass is 359 g/mol. The molecule has 2 aromatic carbocycles. The lowest BCUT2D eigenvalue weighted by Crippen LogP contribution is -2.57. The quantitative estimate of drug-likeness (QED) is 0.880. The zero-order valence-electron chi connectivity index (χ0n) is 13.0. The van der Waals surface area contributed by atoms with E-state index in [1.807, 2.05) is 0 Å². The fourth-order valence-corrected chi connectivity index (χ4v) is 2.90. The number of benzene rings is 2. The Hall–Kier alpha value is -2.93. The molecule has 2 heterocycles. The number of amides is 3. The summed E-state index contributed by atoms with van der Waals surface area (Å²) in [6.07, 6.45) is -0.396. The lowest BCUT2D eigenvalue weighted by molar-refractivity contribution is -0.118. The average Bonchev–Trinajstić information content (AvgIpc) is 3.04. The van der Waals surface area contributed by atoms with E-state index in [0.29, 0.717) is 22.2 Å². The number of hydrogen-bond donors (Lipinski definition) is 2. The smallest absolute Gasteiger partial charge is 0.330 e. The third kappa shape index (κ3) is 3.06. The molecular formula is C17H14ClN3O4. The predicted octanol–water partition coefficient (Wildman–Crippen LogP) is 2.95. The zero-order chi connectivity index (χ0) is 17.4. The van der Waals surface area contributed by atoms with E-state index in [-0.39, 0.29) is 19.1 Å². The normalized spacial score (nSPS) is 18.9. The molecule has 2 aromatic rings. The predicted molar refractivity (Wildman–Crippen MR) is 92.1 cm³/mol. The van der Waals surface area contributed by atoms with Crippen LogP contribution in [0.3, 0.4) is 0 Å². The van der Waals surface area contributed by atoms with Gasteiger partial charge in [-0.3, -0.25) is 4.79 Å². The second-order valence-electron chi connectivity index (χ2n) is 5.62. The summed E-state index contributed by atoms with van der Waals surface area (Å²) in [5.74, 6) is 0.994. The highest BCUT2D eigenvalue weighted by atomic mass is 35.5. The van der Waals surface area contributed by atoms with Gasteiger partial charge in [-0.1, -0.05) is 11.6 Å². The van der Waals surface area contributed by atoms with Crippen LogP contribution in [0.4, 0.5) is 16.2 Å². The largest absolute Gasteiger partial charge is 0.454 e. The number of carbonyl (C=O) groups is 2. The highest BCUT2D eigenvalue weighted by Gasteiger charge is 2.33. The van der Waals surface area contributed by atoms with Crippen molar-refractivity contribution in [3.8, 4) is 11.5 Å². The van der Waals surface area contributed by atoms with Gasteiger partial charge in [0.25, 0.3) is 0 Å². The molecule has 1 fully saturated rings. The van der Waals surface area contributed by atoms with Gasteiger partial charge in [0.05, 0.1) is 12.1 Å². The fourth-order valence-electron chi connectivity index (χ4n) is 2.77. The van der Waals surface area contributed by atoms with Gasteiger partial charge in [0.15, 0.2) is 11.5 Å². The first-order chi connectivity index (χ1) is 12.1. The number of halogens is 1. The summed E-state index contributed by atoms with van der Waals surface area (Å²) in [4.78, 5) is 25.9. The van der Waals surface area contributed by atoms with E-state index in [4.69, 9.17) is 21.1 Å². The lowest BCUT2D eigenvalue weighted by Gasteiger charge is -2.32. The summed E-state index contributed by atoms with van der Waals surface area (Å²) in [5, 5.41) is 6.43. The molecule has 1 saturated heterocycles. The van der Waals surface area contributed by atoms with E-state index in [9.17, 15) is 9.59 Å². The van der Waals surface area contributed by atoms with Gasteiger partial charge in [-0.25, -0.2) is 9.69 Å². The van der Waals surface area contributed by atoms with E-state index in [2.05, 4.69) is 10.6 Å². The van der Waals surface area contributed by atoms with Crippen LogP contribution >= 0.6 is 11.6 Å². The van der Waals surface area contributed by atoms with E-state index in [0.717, 1.165) is 10.6 Å². The minimum Gasteiger partial charge on any atom is -0.454 e. The summed E-state index contributed by atoms with van der Waals surface area (Å²) in [6.45, 7) is 0.188. The molecule has 7 nitrogen and oxygen atoms in total. The first-order valence-electron chi connectivity index (χ1n) is 7.65. The van der Waals surface area contributed by atoms with Crippen molar-refractivity contribution >= 4 is 34.9 Å². The van der Waals surface area contributed by atoms with Crippen LogP contribution in [0.2, 0.25) is 5.02 Å². The summed E-state index contributed by atoms with van der Waals surface area (Å²) < 4.78 is 10.6. The van der Waals surface area contributed by atoms with Gasteiger partial charge >= 0.3 is 6.03 Å².